The lowest BCUT2D eigenvalue weighted by atomic mass is 10.1. The second-order valence-electron chi connectivity index (χ2n) is 6.54. The van der Waals surface area contributed by atoms with Crippen molar-refractivity contribution in [1.82, 2.24) is 14.4 Å². The summed E-state index contributed by atoms with van der Waals surface area (Å²) in [6.07, 6.45) is 3.33. The third kappa shape index (κ3) is 4.09. The van der Waals surface area contributed by atoms with Crippen LogP contribution in [0.3, 0.4) is 0 Å². The Hall–Kier alpha value is -3.07. The van der Waals surface area contributed by atoms with Crippen LogP contribution in [0.15, 0.2) is 34.3 Å². The number of halogens is 1. The van der Waals surface area contributed by atoms with E-state index in [0.29, 0.717) is 18.4 Å². The van der Waals surface area contributed by atoms with Crippen molar-refractivity contribution in [2.75, 3.05) is 0 Å². The lowest BCUT2D eigenvalue weighted by Gasteiger charge is -2.06. The summed E-state index contributed by atoms with van der Waals surface area (Å²) >= 11 is 1.60. The number of carboxylic acids is 1. The molecule has 28 heavy (non-hydrogen) atoms. The molecule has 2 N–H and O–H groups in total. The maximum atomic E-state index is 13.3. The van der Waals surface area contributed by atoms with Crippen LogP contribution in [0, 0.1) is 0 Å². The Bertz CT molecular complexity index is 1130. The van der Waals surface area contributed by atoms with Gasteiger partial charge in [0.2, 0.25) is 11.7 Å². The molecule has 3 heterocycles. The van der Waals surface area contributed by atoms with Crippen LogP contribution in [0.2, 0.25) is 0 Å². The highest BCUT2D eigenvalue weighted by atomic mass is 32.1. The average molecular weight is 403 g/mol. The first-order valence-electron chi connectivity index (χ1n) is 8.55. The van der Waals surface area contributed by atoms with Gasteiger partial charge in [0.15, 0.2) is 0 Å². The van der Waals surface area contributed by atoms with Gasteiger partial charge in [0, 0.05) is 18.0 Å². The maximum absolute atomic E-state index is 13.3. The molecule has 9 heteroatoms. The standard InChI is InChI=1S/C19H18FN3O4S/c1-10(2)14-9-28-16(21-14)4-3-11-5-6-23-15(7-11)22-17(24)12(18(23)25)8-13(20)19(26)27/h5-10,24H,3-4H2,1-2H3,(H,26,27)/b13-8+. The largest absolute Gasteiger partial charge is 0.493 e. The van der Waals surface area contributed by atoms with Crippen LogP contribution in [0.4, 0.5) is 4.39 Å². The highest BCUT2D eigenvalue weighted by Gasteiger charge is 2.15. The smallest absolute Gasteiger partial charge is 0.364 e. The second kappa shape index (κ2) is 7.89. The number of nitrogens with zero attached hydrogens (tertiary/aromatic N) is 3. The van der Waals surface area contributed by atoms with E-state index in [-0.39, 0.29) is 5.65 Å². The van der Waals surface area contributed by atoms with Crippen molar-refractivity contribution in [1.29, 1.82) is 0 Å². The molecular weight excluding hydrogens is 385 g/mol. The molecular formula is C19H18FN3O4S. The van der Waals surface area contributed by atoms with Crippen molar-refractivity contribution in [3.05, 3.63) is 61.7 Å². The minimum absolute atomic E-state index is 0.190. The van der Waals surface area contributed by atoms with Gasteiger partial charge in [0.1, 0.15) is 11.2 Å². The van der Waals surface area contributed by atoms with Crippen molar-refractivity contribution in [2.45, 2.75) is 32.6 Å². The molecule has 0 unspecified atom stereocenters. The van der Waals surface area contributed by atoms with E-state index in [9.17, 15) is 19.1 Å². The molecule has 0 saturated heterocycles. The van der Waals surface area contributed by atoms with Gasteiger partial charge >= 0.3 is 5.97 Å². The number of carboxylic acid groups (broad SMARTS) is 1. The molecule has 0 aromatic carbocycles. The predicted octanol–water partition coefficient (Wildman–Crippen LogP) is 3.16. The zero-order valence-corrected chi connectivity index (χ0v) is 16.0. The summed E-state index contributed by atoms with van der Waals surface area (Å²) in [6.45, 7) is 4.17. The van der Waals surface area contributed by atoms with Gasteiger partial charge in [0.25, 0.3) is 5.56 Å². The average Bonchev–Trinajstić information content (AvgIpc) is 3.12. The number of rotatable bonds is 6. The summed E-state index contributed by atoms with van der Waals surface area (Å²) in [5, 5.41) is 21.6. The summed E-state index contributed by atoms with van der Waals surface area (Å²) in [5.41, 5.74) is 0.870. The Morgan fingerprint density at radius 3 is 2.75 bits per heavy atom. The van der Waals surface area contributed by atoms with Gasteiger partial charge in [-0.25, -0.2) is 9.78 Å². The number of thiazole rings is 1. The Morgan fingerprint density at radius 1 is 1.36 bits per heavy atom. The molecule has 0 aliphatic carbocycles. The number of carbonyl (C=O) groups is 1. The fourth-order valence-electron chi connectivity index (χ4n) is 2.61. The zero-order chi connectivity index (χ0) is 20.4. The van der Waals surface area contributed by atoms with E-state index < -0.39 is 28.8 Å². The van der Waals surface area contributed by atoms with Gasteiger partial charge < -0.3 is 10.2 Å². The summed E-state index contributed by atoms with van der Waals surface area (Å²) in [5.74, 6) is -3.74. The summed E-state index contributed by atoms with van der Waals surface area (Å²) < 4.78 is 14.4. The molecule has 7 nitrogen and oxygen atoms in total. The Balaban J connectivity index is 1.88. The van der Waals surface area contributed by atoms with Gasteiger partial charge in [-0.05, 0) is 36.1 Å². The molecule has 3 rings (SSSR count). The van der Waals surface area contributed by atoms with Crippen LogP contribution >= 0.6 is 11.3 Å². The second-order valence-corrected chi connectivity index (χ2v) is 7.48. The molecule has 0 radical (unpaired) electrons. The highest BCUT2D eigenvalue weighted by Crippen LogP contribution is 2.20. The molecule has 0 spiro atoms. The molecule has 0 fully saturated rings. The van der Waals surface area contributed by atoms with Gasteiger partial charge in [-0.15, -0.1) is 11.3 Å². The summed E-state index contributed by atoms with van der Waals surface area (Å²) in [6, 6.07) is 3.38. The lowest BCUT2D eigenvalue weighted by molar-refractivity contribution is -0.134. The Labute approximate surface area is 163 Å². The highest BCUT2D eigenvalue weighted by molar-refractivity contribution is 7.09. The van der Waals surface area contributed by atoms with Crippen LogP contribution in [0.5, 0.6) is 5.88 Å². The zero-order valence-electron chi connectivity index (χ0n) is 15.2. The molecule has 0 saturated carbocycles. The summed E-state index contributed by atoms with van der Waals surface area (Å²) in [4.78, 5) is 31.5. The number of aromatic nitrogens is 3. The third-order valence-corrected chi connectivity index (χ3v) is 5.10. The van der Waals surface area contributed by atoms with Crippen LogP contribution in [-0.4, -0.2) is 30.6 Å². The molecule has 3 aromatic rings. The molecule has 0 amide bonds. The normalized spacial score (nSPS) is 12.1. The van der Waals surface area contributed by atoms with Crippen LogP contribution in [0.25, 0.3) is 11.7 Å². The van der Waals surface area contributed by atoms with E-state index in [0.717, 1.165) is 27.1 Å². The first-order valence-corrected chi connectivity index (χ1v) is 9.43. The van der Waals surface area contributed by atoms with E-state index >= 15 is 0 Å². The van der Waals surface area contributed by atoms with Gasteiger partial charge in [-0.3, -0.25) is 9.20 Å². The number of aryl methyl sites for hydroxylation is 2. The van der Waals surface area contributed by atoms with Crippen molar-refractivity contribution < 1.29 is 19.4 Å². The Kier molecular flexibility index (Phi) is 5.55. The van der Waals surface area contributed by atoms with E-state index in [4.69, 9.17) is 5.11 Å². The molecule has 0 atom stereocenters. The van der Waals surface area contributed by atoms with Crippen LogP contribution < -0.4 is 5.56 Å². The maximum Gasteiger partial charge on any atom is 0.364 e. The number of aromatic hydroxyl groups is 1. The van der Waals surface area contributed by atoms with Gasteiger partial charge in [-0.2, -0.15) is 9.37 Å². The Morgan fingerprint density at radius 2 is 2.11 bits per heavy atom. The number of fused-ring (bicyclic) bond motifs is 1. The summed E-state index contributed by atoms with van der Waals surface area (Å²) in [7, 11) is 0. The van der Waals surface area contributed by atoms with Crippen molar-refractivity contribution in [2.24, 2.45) is 0 Å². The monoisotopic (exact) mass is 403 g/mol. The number of pyridine rings is 1. The number of hydrogen-bond donors (Lipinski definition) is 2. The first kappa shape index (κ1) is 19.7. The quantitative estimate of drug-likeness (QED) is 0.613. The first-order chi connectivity index (χ1) is 13.3. The van der Waals surface area contributed by atoms with E-state index in [1.807, 2.05) is 5.38 Å². The molecule has 0 aliphatic heterocycles. The fourth-order valence-corrected chi connectivity index (χ4v) is 3.57. The van der Waals surface area contributed by atoms with Gasteiger partial charge in [0.05, 0.1) is 10.7 Å². The minimum atomic E-state index is -1.83. The van der Waals surface area contributed by atoms with Crippen molar-refractivity contribution in [3.63, 3.8) is 0 Å². The number of hydrogen-bond acceptors (Lipinski definition) is 6. The number of aliphatic carboxylic acids is 1. The van der Waals surface area contributed by atoms with E-state index in [1.165, 1.54) is 6.20 Å². The SMILES string of the molecule is CC(C)c1csc(CCc2ccn3c(=O)c(/C=C(/F)C(=O)O)c(O)nc3c2)n1. The van der Waals surface area contributed by atoms with Gasteiger partial charge in [-0.1, -0.05) is 13.8 Å². The molecule has 0 bridgehead atoms. The predicted molar refractivity (Wildman–Crippen MR) is 103 cm³/mol. The molecule has 146 valence electrons. The fraction of sp³-hybridized carbons (Fsp3) is 0.263. The van der Waals surface area contributed by atoms with Crippen molar-refractivity contribution >= 4 is 29.0 Å². The van der Waals surface area contributed by atoms with Crippen LogP contribution in [0.1, 0.15) is 41.6 Å². The van der Waals surface area contributed by atoms with E-state index in [2.05, 4.69) is 23.8 Å². The lowest BCUT2D eigenvalue weighted by Crippen LogP contribution is -2.18. The molecule has 3 aromatic heterocycles. The van der Waals surface area contributed by atoms with Crippen LogP contribution in [-0.2, 0) is 17.6 Å². The van der Waals surface area contributed by atoms with Crippen molar-refractivity contribution in [3.8, 4) is 5.88 Å². The third-order valence-electron chi connectivity index (χ3n) is 4.17. The minimum Gasteiger partial charge on any atom is -0.493 e. The molecule has 0 aliphatic rings. The topological polar surface area (TPSA) is 105 Å². The van der Waals surface area contributed by atoms with E-state index in [1.54, 1.807) is 23.5 Å².